The van der Waals surface area contributed by atoms with Crippen LogP contribution in [-0.2, 0) is 4.79 Å². The second-order valence-corrected chi connectivity index (χ2v) is 3.24. The molecular weight excluding hydrogens is 197 g/mol. The van der Waals surface area contributed by atoms with E-state index in [0.717, 1.165) is 12.6 Å². The number of pyridine rings is 1. The minimum Gasteiger partial charge on any atom is -0.322 e. The van der Waals surface area contributed by atoms with Crippen molar-refractivity contribution in [3.8, 4) is 0 Å². The Bertz CT molecular complexity index is 343. The zero-order valence-electron chi connectivity index (χ0n) is 8.53. The second kappa shape index (κ2) is 5.41. The van der Waals surface area contributed by atoms with Gasteiger partial charge >= 0.3 is 0 Å². The molecule has 0 aliphatic heterocycles. The van der Waals surface area contributed by atoms with Crippen LogP contribution in [0.15, 0.2) is 18.5 Å². The number of hydrogen-bond donors (Lipinski definition) is 2. The van der Waals surface area contributed by atoms with Crippen molar-refractivity contribution in [1.82, 2.24) is 4.98 Å². The molecule has 1 rings (SSSR count). The molecule has 82 valence electrons. The lowest BCUT2D eigenvalue weighted by Crippen LogP contribution is -2.35. The number of nitrogens with one attached hydrogen (secondary N) is 1. The summed E-state index contributed by atoms with van der Waals surface area (Å²) in [4.78, 5) is 15.0. The van der Waals surface area contributed by atoms with Gasteiger partial charge in [-0.05, 0) is 12.5 Å². The van der Waals surface area contributed by atoms with Crippen molar-refractivity contribution in [3.05, 3.63) is 24.3 Å². The van der Waals surface area contributed by atoms with Gasteiger partial charge < -0.3 is 11.1 Å². The first-order valence-electron chi connectivity index (χ1n) is 4.81. The van der Waals surface area contributed by atoms with Gasteiger partial charge in [-0.3, -0.25) is 9.78 Å². The zero-order valence-corrected chi connectivity index (χ0v) is 8.53. The van der Waals surface area contributed by atoms with Crippen LogP contribution < -0.4 is 11.1 Å². The van der Waals surface area contributed by atoms with E-state index in [0.29, 0.717) is 6.42 Å². The van der Waals surface area contributed by atoms with Crippen LogP contribution in [-0.4, -0.2) is 16.9 Å². The maximum Gasteiger partial charge on any atom is 0.241 e. The Morgan fingerprint density at radius 2 is 2.47 bits per heavy atom. The zero-order chi connectivity index (χ0) is 11.3. The van der Waals surface area contributed by atoms with E-state index in [4.69, 9.17) is 5.73 Å². The molecule has 0 aliphatic carbocycles. The average Bonchev–Trinajstić information content (AvgIpc) is 2.21. The van der Waals surface area contributed by atoms with Crippen LogP contribution in [0.3, 0.4) is 0 Å². The van der Waals surface area contributed by atoms with E-state index in [-0.39, 0.29) is 11.6 Å². The van der Waals surface area contributed by atoms with Gasteiger partial charge in [0, 0.05) is 6.20 Å². The van der Waals surface area contributed by atoms with Crippen molar-refractivity contribution in [3.63, 3.8) is 0 Å². The predicted octanol–water partition coefficient (Wildman–Crippen LogP) is 1.29. The maximum atomic E-state index is 13.1. The molecule has 4 nitrogen and oxygen atoms in total. The summed E-state index contributed by atoms with van der Waals surface area (Å²) in [7, 11) is 0. The van der Waals surface area contributed by atoms with Gasteiger partial charge in [0.25, 0.3) is 0 Å². The fourth-order valence-electron chi connectivity index (χ4n) is 1.14. The number of carbonyl (C=O) groups is 1. The smallest absolute Gasteiger partial charge is 0.241 e. The van der Waals surface area contributed by atoms with Crippen LogP contribution in [0, 0.1) is 5.82 Å². The lowest BCUT2D eigenvalue weighted by molar-refractivity contribution is -0.117. The summed E-state index contributed by atoms with van der Waals surface area (Å²) in [5.74, 6) is -0.934. The number of rotatable bonds is 4. The van der Waals surface area contributed by atoms with E-state index >= 15 is 0 Å². The molecule has 15 heavy (non-hydrogen) atoms. The van der Waals surface area contributed by atoms with Crippen LogP contribution in [0.1, 0.15) is 19.8 Å². The van der Waals surface area contributed by atoms with Gasteiger partial charge in [-0.25, -0.2) is 4.39 Å². The Balaban J connectivity index is 2.62. The molecule has 0 fully saturated rings. The molecular formula is C10H14FN3O. The quantitative estimate of drug-likeness (QED) is 0.788. The summed E-state index contributed by atoms with van der Waals surface area (Å²) in [6.07, 6.45) is 3.84. The van der Waals surface area contributed by atoms with Crippen molar-refractivity contribution in [2.75, 3.05) is 5.32 Å². The first-order valence-corrected chi connectivity index (χ1v) is 4.81. The number of hydrogen-bond acceptors (Lipinski definition) is 3. The van der Waals surface area contributed by atoms with Crippen LogP contribution in [0.2, 0.25) is 0 Å². The molecule has 0 saturated heterocycles. The van der Waals surface area contributed by atoms with Gasteiger partial charge in [0.1, 0.15) is 0 Å². The molecule has 1 aromatic heterocycles. The highest BCUT2D eigenvalue weighted by atomic mass is 19.1. The first-order chi connectivity index (χ1) is 7.15. The molecule has 3 N–H and O–H groups in total. The van der Waals surface area contributed by atoms with Crippen molar-refractivity contribution in [1.29, 1.82) is 0 Å². The molecule has 0 radical (unpaired) electrons. The second-order valence-electron chi connectivity index (χ2n) is 3.24. The highest BCUT2D eigenvalue weighted by Gasteiger charge is 2.13. The monoisotopic (exact) mass is 211 g/mol. The Labute approximate surface area is 87.7 Å². The molecule has 0 unspecified atom stereocenters. The number of anilines is 1. The number of nitrogens with two attached hydrogens (primary N) is 1. The Hall–Kier alpha value is -1.49. The summed E-state index contributed by atoms with van der Waals surface area (Å²) in [5, 5.41) is 2.42. The van der Waals surface area contributed by atoms with Crippen LogP contribution in [0.4, 0.5) is 10.1 Å². The Morgan fingerprint density at radius 1 is 1.73 bits per heavy atom. The van der Waals surface area contributed by atoms with E-state index in [1.807, 2.05) is 6.92 Å². The SMILES string of the molecule is CCC[C@H](N)C(=O)Nc1ccncc1F. The van der Waals surface area contributed by atoms with Gasteiger partial charge in [-0.1, -0.05) is 13.3 Å². The van der Waals surface area contributed by atoms with Crippen molar-refractivity contribution in [2.45, 2.75) is 25.8 Å². The van der Waals surface area contributed by atoms with Gasteiger partial charge in [0.2, 0.25) is 5.91 Å². The van der Waals surface area contributed by atoms with Crippen LogP contribution in [0.5, 0.6) is 0 Å². The minimum absolute atomic E-state index is 0.113. The maximum absolute atomic E-state index is 13.1. The van der Waals surface area contributed by atoms with E-state index < -0.39 is 11.9 Å². The molecule has 1 heterocycles. The standard InChI is InChI=1S/C10H14FN3O/c1-2-3-8(12)10(15)14-9-4-5-13-6-7(9)11/h4-6,8H,2-3,12H2,1H3,(H,13,14,15)/t8-/m0/s1. The average molecular weight is 211 g/mol. The van der Waals surface area contributed by atoms with Crippen molar-refractivity contribution < 1.29 is 9.18 Å². The summed E-state index contributed by atoms with van der Waals surface area (Å²) in [6.45, 7) is 1.93. The van der Waals surface area contributed by atoms with E-state index in [9.17, 15) is 9.18 Å². The lowest BCUT2D eigenvalue weighted by atomic mass is 10.1. The lowest BCUT2D eigenvalue weighted by Gasteiger charge is -2.11. The van der Waals surface area contributed by atoms with Gasteiger partial charge in [-0.15, -0.1) is 0 Å². The van der Waals surface area contributed by atoms with E-state index in [1.54, 1.807) is 0 Å². The topological polar surface area (TPSA) is 68.0 Å². The fraction of sp³-hybridized carbons (Fsp3) is 0.400. The summed E-state index contributed by atoms with van der Waals surface area (Å²) >= 11 is 0. The molecule has 0 aromatic carbocycles. The summed E-state index contributed by atoms with van der Waals surface area (Å²) in [5.41, 5.74) is 5.69. The Kier molecular flexibility index (Phi) is 4.17. The molecule has 0 bridgehead atoms. The third-order valence-corrected chi connectivity index (χ3v) is 1.97. The normalized spacial score (nSPS) is 12.2. The summed E-state index contributed by atoms with van der Waals surface area (Å²) < 4.78 is 13.1. The molecule has 0 aliphatic rings. The molecule has 5 heteroatoms. The number of halogens is 1. The van der Waals surface area contributed by atoms with Crippen LogP contribution >= 0.6 is 0 Å². The minimum atomic E-state index is -0.595. The number of aromatic nitrogens is 1. The molecule has 0 spiro atoms. The Morgan fingerprint density at radius 3 is 3.07 bits per heavy atom. The largest absolute Gasteiger partial charge is 0.322 e. The van der Waals surface area contributed by atoms with Crippen molar-refractivity contribution in [2.24, 2.45) is 5.73 Å². The predicted molar refractivity (Wildman–Crippen MR) is 55.7 cm³/mol. The van der Waals surface area contributed by atoms with Gasteiger partial charge in [0.15, 0.2) is 5.82 Å². The fourth-order valence-corrected chi connectivity index (χ4v) is 1.14. The molecule has 0 saturated carbocycles. The highest BCUT2D eigenvalue weighted by molar-refractivity contribution is 5.94. The van der Waals surface area contributed by atoms with E-state index in [1.165, 1.54) is 12.3 Å². The van der Waals surface area contributed by atoms with Crippen LogP contribution in [0.25, 0.3) is 0 Å². The number of nitrogens with zero attached hydrogens (tertiary/aromatic N) is 1. The molecule has 1 atom stereocenters. The first kappa shape index (κ1) is 11.6. The number of carbonyl (C=O) groups excluding carboxylic acids is 1. The highest BCUT2D eigenvalue weighted by Crippen LogP contribution is 2.11. The van der Waals surface area contributed by atoms with Gasteiger partial charge in [0.05, 0.1) is 17.9 Å². The molecule has 1 amide bonds. The van der Waals surface area contributed by atoms with Gasteiger partial charge in [-0.2, -0.15) is 0 Å². The summed E-state index contributed by atoms with van der Waals surface area (Å²) in [6, 6.07) is 0.800. The van der Waals surface area contributed by atoms with Crippen molar-refractivity contribution >= 4 is 11.6 Å². The third-order valence-electron chi connectivity index (χ3n) is 1.97. The van der Waals surface area contributed by atoms with E-state index in [2.05, 4.69) is 10.3 Å². The number of amides is 1. The molecule has 1 aromatic rings. The third kappa shape index (κ3) is 3.28.